The lowest BCUT2D eigenvalue weighted by atomic mass is 9.68. The number of carboxylic acids is 1. The largest absolute Gasteiger partial charge is 0.478 e. The van der Waals surface area contributed by atoms with Crippen LogP contribution >= 0.6 is 0 Å². The smallest absolute Gasteiger partial charge is 0.335 e. The summed E-state index contributed by atoms with van der Waals surface area (Å²) in [5.41, 5.74) is 4.13. The summed E-state index contributed by atoms with van der Waals surface area (Å²) < 4.78 is 0. The quantitative estimate of drug-likeness (QED) is 0.845. The van der Waals surface area contributed by atoms with Crippen LogP contribution in [0.25, 0.3) is 0 Å². The zero-order valence-corrected chi connectivity index (χ0v) is 13.5. The van der Waals surface area contributed by atoms with E-state index in [1.54, 1.807) is 6.07 Å². The first-order valence-corrected chi connectivity index (χ1v) is 8.91. The Kier molecular flexibility index (Phi) is 2.99. The molecule has 1 heterocycles. The molecular formula is C21H21NO2. The van der Waals surface area contributed by atoms with Crippen LogP contribution in [0.5, 0.6) is 0 Å². The van der Waals surface area contributed by atoms with E-state index in [2.05, 4.69) is 35.6 Å². The summed E-state index contributed by atoms with van der Waals surface area (Å²) in [5.74, 6) is 1.74. The van der Waals surface area contributed by atoms with Crippen molar-refractivity contribution in [3.05, 3.63) is 65.2 Å². The molecule has 2 aromatic rings. The van der Waals surface area contributed by atoms with Gasteiger partial charge in [-0.25, -0.2) is 4.79 Å². The van der Waals surface area contributed by atoms with E-state index in [0.29, 0.717) is 23.4 Å². The standard InChI is InChI=1S/C21H21NO2/c23-21(24)15-8-9-17-16(11-15)18-13-6-7-14(10-13)19(18)20(22-17)12-4-2-1-3-5-12/h1-5,8-9,11,13-14,18-20,22H,6-7,10H2,(H,23,24)/t13-,14+,18+,19-,20-/m0/s1. The zero-order valence-electron chi connectivity index (χ0n) is 13.5. The number of hydrogen-bond donors (Lipinski definition) is 2. The molecule has 0 unspecified atom stereocenters. The van der Waals surface area contributed by atoms with E-state index >= 15 is 0 Å². The lowest BCUT2D eigenvalue weighted by Crippen LogP contribution is -2.35. The Labute approximate surface area is 141 Å². The Morgan fingerprint density at radius 2 is 1.83 bits per heavy atom. The van der Waals surface area contributed by atoms with Gasteiger partial charge < -0.3 is 10.4 Å². The molecule has 5 atom stereocenters. The van der Waals surface area contributed by atoms with Crippen molar-refractivity contribution in [1.29, 1.82) is 0 Å². The Morgan fingerprint density at radius 1 is 1.04 bits per heavy atom. The van der Waals surface area contributed by atoms with Crippen molar-refractivity contribution < 1.29 is 9.90 Å². The molecule has 122 valence electrons. The van der Waals surface area contributed by atoms with E-state index in [1.807, 2.05) is 12.1 Å². The molecular weight excluding hydrogens is 298 g/mol. The van der Waals surface area contributed by atoms with Gasteiger partial charge >= 0.3 is 5.97 Å². The number of benzene rings is 2. The van der Waals surface area contributed by atoms with Crippen LogP contribution in [0.3, 0.4) is 0 Å². The second kappa shape index (κ2) is 5.10. The lowest BCUT2D eigenvalue weighted by Gasteiger charge is -2.43. The molecule has 5 rings (SSSR count). The normalized spacial score (nSPS) is 32.8. The average molecular weight is 319 g/mol. The fourth-order valence-electron chi connectivity index (χ4n) is 5.61. The highest BCUT2D eigenvalue weighted by Crippen LogP contribution is 2.63. The summed E-state index contributed by atoms with van der Waals surface area (Å²) in [5, 5.41) is 13.1. The fourth-order valence-corrected chi connectivity index (χ4v) is 5.61. The molecule has 1 aliphatic heterocycles. The molecule has 2 aromatic carbocycles. The van der Waals surface area contributed by atoms with E-state index in [4.69, 9.17) is 0 Å². The van der Waals surface area contributed by atoms with Crippen LogP contribution in [0.15, 0.2) is 48.5 Å². The van der Waals surface area contributed by atoms with Crippen LogP contribution in [-0.2, 0) is 0 Å². The predicted molar refractivity (Wildman–Crippen MR) is 93.3 cm³/mol. The monoisotopic (exact) mass is 319 g/mol. The molecule has 3 aliphatic rings. The molecule has 0 aromatic heterocycles. The van der Waals surface area contributed by atoms with Gasteiger partial charge in [0, 0.05) is 5.69 Å². The molecule has 3 heteroatoms. The third kappa shape index (κ3) is 1.94. The zero-order chi connectivity index (χ0) is 16.3. The third-order valence-corrected chi connectivity index (χ3v) is 6.49. The van der Waals surface area contributed by atoms with E-state index in [-0.39, 0.29) is 0 Å². The minimum Gasteiger partial charge on any atom is -0.478 e. The van der Waals surface area contributed by atoms with Crippen LogP contribution in [0, 0.1) is 17.8 Å². The molecule has 2 saturated carbocycles. The first-order valence-electron chi connectivity index (χ1n) is 8.91. The minimum atomic E-state index is -0.831. The van der Waals surface area contributed by atoms with E-state index < -0.39 is 5.97 Å². The summed E-state index contributed by atoms with van der Waals surface area (Å²) in [6.07, 6.45) is 3.92. The molecule has 0 saturated heterocycles. The SMILES string of the molecule is O=C(O)c1ccc2c(c1)[C@H]1[C@H]3CC[C@H](C3)[C@@H]1[C@H](c1ccccc1)N2. The van der Waals surface area contributed by atoms with E-state index in [9.17, 15) is 9.90 Å². The second-order valence-electron chi connectivity index (χ2n) is 7.58. The molecule has 2 bridgehead atoms. The molecule has 3 nitrogen and oxygen atoms in total. The topological polar surface area (TPSA) is 49.3 Å². The Morgan fingerprint density at radius 3 is 2.62 bits per heavy atom. The maximum absolute atomic E-state index is 11.4. The molecule has 2 fully saturated rings. The van der Waals surface area contributed by atoms with Gasteiger partial charge in [0.15, 0.2) is 0 Å². The predicted octanol–water partition coefficient (Wildman–Crippen LogP) is 4.68. The summed E-state index contributed by atoms with van der Waals surface area (Å²) in [7, 11) is 0. The highest BCUT2D eigenvalue weighted by Gasteiger charge is 2.53. The number of nitrogens with one attached hydrogen (secondary N) is 1. The molecule has 2 N–H and O–H groups in total. The van der Waals surface area contributed by atoms with Crippen molar-refractivity contribution in [1.82, 2.24) is 0 Å². The third-order valence-electron chi connectivity index (χ3n) is 6.49. The Balaban J connectivity index is 1.64. The van der Waals surface area contributed by atoms with Crippen LogP contribution in [-0.4, -0.2) is 11.1 Å². The number of carboxylic acid groups (broad SMARTS) is 1. The van der Waals surface area contributed by atoms with Crippen LogP contribution < -0.4 is 5.32 Å². The van der Waals surface area contributed by atoms with Crippen molar-refractivity contribution in [2.75, 3.05) is 5.32 Å². The van der Waals surface area contributed by atoms with Crippen LogP contribution in [0.1, 0.15) is 52.7 Å². The van der Waals surface area contributed by atoms with Gasteiger partial charge in [-0.15, -0.1) is 0 Å². The van der Waals surface area contributed by atoms with Crippen LogP contribution in [0.2, 0.25) is 0 Å². The van der Waals surface area contributed by atoms with Gasteiger partial charge in [0.25, 0.3) is 0 Å². The first kappa shape index (κ1) is 14.1. The van der Waals surface area contributed by atoms with Crippen molar-refractivity contribution in [3.8, 4) is 0 Å². The molecule has 2 aliphatic carbocycles. The van der Waals surface area contributed by atoms with E-state index in [0.717, 1.165) is 17.5 Å². The number of carbonyl (C=O) groups is 1. The van der Waals surface area contributed by atoms with Gasteiger partial charge in [-0.1, -0.05) is 30.3 Å². The average Bonchev–Trinajstić information content (AvgIpc) is 3.23. The minimum absolute atomic E-state index is 0.342. The maximum atomic E-state index is 11.4. The first-order chi connectivity index (χ1) is 11.7. The molecule has 24 heavy (non-hydrogen) atoms. The van der Waals surface area contributed by atoms with Gasteiger partial charge in [-0.05, 0) is 72.3 Å². The van der Waals surface area contributed by atoms with Crippen LogP contribution in [0.4, 0.5) is 5.69 Å². The number of rotatable bonds is 2. The van der Waals surface area contributed by atoms with E-state index in [1.165, 1.54) is 30.4 Å². The number of fused-ring (bicyclic) bond motifs is 7. The summed E-state index contributed by atoms with van der Waals surface area (Å²) in [4.78, 5) is 11.4. The Hall–Kier alpha value is -2.29. The number of anilines is 1. The highest BCUT2D eigenvalue weighted by molar-refractivity contribution is 5.88. The fraction of sp³-hybridized carbons (Fsp3) is 0.381. The van der Waals surface area contributed by atoms with Crippen molar-refractivity contribution in [2.45, 2.75) is 31.2 Å². The molecule has 0 radical (unpaired) electrons. The summed E-state index contributed by atoms with van der Waals surface area (Å²) >= 11 is 0. The van der Waals surface area contributed by atoms with Crippen molar-refractivity contribution in [3.63, 3.8) is 0 Å². The Bertz CT molecular complexity index is 801. The van der Waals surface area contributed by atoms with Gasteiger partial charge in [-0.2, -0.15) is 0 Å². The van der Waals surface area contributed by atoms with Crippen molar-refractivity contribution >= 4 is 11.7 Å². The van der Waals surface area contributed by atoms with Gasteiger partial charge in [0.1, 0.15) is 0 Å². The molecule has 0 spiro atoms. The summed E-state index contributed by atoms with van der Waals surface area (Å²) in [6.45, 7) is 0. The lowest BCUT2D eigenvalue weighted by molar-refractivity contribution is 0.0696. The highest BCUT2D eigenvalue weighted by atomic mass is 16.4. The van der Waals surface area contributed by atoms with Crippen molar-refractivity contribution in [2.24, 2.45) is 17.8 Å². The maximum Gasteiger partial charge on any atom is 0.335 e. The number of hydrogen-bond acceptors (Lipinski definition) is 2. The summed E-state index contributed by atoms with van der Waals surface area (Å²) in [6, 6.07) is 16.7. The van der Waals surface area contributed by atoms with Gasteiger partial charge in [-0.3, -0.25) is 0 Å². The van der Waals surface area contributed by atoms with Gasteiger partial charge in [0.2, 0.25) is 0 Å². The second-order valence-corrected chi connectivity index (χ2v) is 7.58. The van der Waals surface area contributed by atoms with Gasteiger partial charge in [0.05, 0.1) is 11.6 Å². The molecule has 0 amide bonds. The number of aromatic carboxylic acids is 1.